The largest absolute Gasteiger partial charge is 0.389 e. The Balaban J connectivity index is 3.12. The molecule has 1 unspecified atom stereocenters. The van der Waals surface area contributed by atoms with Gasteiger partial charge in [-0.05, 0) is 26.2 Å². The molecule has 1 heterocycles. The highest BCUT2D eigenvalue weighted by molar-refractivity contribution is 7.80. The van der Waals surface area contributed by atoms with Crippen LogP contribution in [0, 0.1) is 12.8 Å². The summed E-state index contributed by atoms with van der Waals surface area (Å²) in [4.78, 5) is 2.63. The lowest BCUT2D eigenvalue weighted by molar-refractivity contribution is 0.497. The van der Waals surface area contributed by atoms with E-state index in [0.717, 1.165) is 23.5 Å². The molecule has 0 aliphatic rings. The Bertz CT molecular complexity index is 436. The van der Waals surface area contributed by atoms with Gasteiger partial charge in [-0.1, -0.05) is 26.1 Å². The molecule has 0 amide bonds. The monoisotopic (exact) mass is 268 g/mol. The third-order valence-electron chi connectivity index (χ3n) is 3.25. The van der Waals surface area contributed by atoms with E-state index in [-0.39, 0.29) is 0 Å². The molecule has 1 aromatic rings. The van der Waals surface area contributed by atoms with E-state index in [1.54, 1.807) is 0 Å². The van der Waals surface area contributed by atoms with Gasteiger partial charge in [-0.15, -0.1) is 0 Å². The molecule has 0 bridgehead atoms. The zero-order chi connectivity index (χ0) is 14.0. The van der Waals surface area contributed by atoms with Gasteiger partial charge in [0.25, 0.3) is 0 Å². The quantitative estimate of drug-likeness (QED) is 0.832. The van der Waals surface area contributed by atoms with E-state index in [2.05, 4.69) is 37.8 Å². The minimum Gasteiger partial charge on any atom is -0.389 e. The Morgan fingerprint density at radius 2 is 2.00 bits per heavy atom. The van der Waals surface area contributed by atoms with Gasteiger partial charge in [-0.25, -0.2) is 0 Å². The van der Waals surface area contributed by atoms with Crippen molar-refractivity contribution in [1.82, 2.24) is 9.78 Å². The SMILES string of the molecule is Cc1nn(C)c(N(C)C(C)CC(C)C)c1C(N)=S. The summed E-state index contributed by atoms with van der Waals surface area (Å²) in [7, 11) is 4.01. The lowest BCUT2D eigenvalue weighted by Gasteiger charge is -2.29. The van der Waals surface area contributed by atoms with Crippen molar-refractivity contribution in [3.63, 3.8) is 0 Å². The first kappa shape index (κ1) is 15.0. The second-order valence-electron chi connectivity index (χ2n) is 5.36. The van der Waals surface area contributed by atoms with Gasteiger partial charge in [0.2, 0.25) is 0 Å². The number of anilines is 1. The van der Waals surface area contributed by atoms with E-state index in [1.165, 1.54) is 0 Å². The van der Waals surface area contributed by atoms with Crippen molar-refractivity contribution in [2.45, 2.75) is 40.2 Å². The Kier molecular flexibility index (Phi) is 4.73. The molecule has 18 heavy (non-hydrogen) atoms. The van der Waals surface area contributed by atoms with Crippen LogP contribution in [0.25, 0.3) is 0 Å². The van der Waals surface area contributed by atoms with E-state index in [4.69, 9.17) is 18.0 Å². The maximum atomic E-state index is 5.82. The predicted molar refractivity (Wildman–Crippen MR) is 81.2 cm³/mol. The maximum absolute atomic E-state index is 5.82. The van der Waals surface area contributed by atoms with Gasteiger partial charge in [0.05, 0.1) is 11.3 Å². The Morgan fingerprint density at radius 1 is 1.44 bits per heavy atom. The highest BCUT2D eigenvalue weighted by atomic mass is 32.1. The smallest absolute Gasteiger partial charge is 0.137 e. The fraction of sp³-hybridized carbons (Fsp3) is 0.692. The second-order valence-corrected chi connectivity index (χ2v) is 5.80. The van der Waals surface area contributed by atoms with Gasteiger partial charge >= 0.3 is 0 Å². The van der Waals surface area contributed by atoms with Gasteiger partial charge in [0.15, 0.2) is 0 Å². The number of hydrogen-bond acceptors (Lipinski definition) is 3. The lowest BCUT2D eigenvalue weighted by Crippen LogP contribution is -2.33. The highest BCUT2D eigenvalue weighted by Gasteiger charge is 2.22. The summed E-state index contributed by atoms with van der Waals surface area (Å²) in [5, 5.41) is 4.42. The molecule has 102 valence electrons. The van der Waals surface area contributed by atoms with Crippen LogP contribution in [-0.4, -0.2) is 27.9 Å². The van der Waals surface area contributed by atoms with Crippen molar-refractivity contribution in [2.24, 2.45) is 18.7 Å². The minimum absolute atomic E-state index is 0.416. The molecule has 4 nitrogen and oxygen atoms in total. The van der Waals surface area contributed by atoms with Crippen molar-refractivity contribution in [2.75, 3.05) is 11.9 Å². The number of aryl methyl sites for hydroxylation is 2. The average Bonchev–Trinajstić information content (AvgIpc) is 2.51. The van der Waals surface area contributed by atoms with Crippen LogP contribution in [0.5, 0.6) is 0 Å². The molecule has 1 rings (SSSR count). The number of aromatic nitrogens is 2. The second kappa shape index (κ2) is 5.69. The van der Waals surface area contributed by atoms with Crippen molar-refractivity contribution >= 4 is 23.0 Å². The molecule has 0 fully saturated rings. The molecule has 0 aliphatic heterocycles. The van der Waals surface area contributed by atoms with Crippen LogP contribution in [-0.2, 0) is 7.05 Å². The molecular formula is C13H24N4S. The van der Waals surface area contributed by atoms with Crippen molar-refractivity contribution < 1.29 is 0 Å². The maximum Gasteiger partial charge on any atom is 0.137 e. The first-order valence-electron chi connectivity index (χ1n) is 6.31. The van der Waals surface area contributed by atoms with E-state index >= 15 is 0 Å². The summed E-state index contributed by atoms with van der Waals surface area (Å²) >= 11 is 5.14. The van der Waals surface area contributed by atoms with E-state index < -0.39 is 0 Å². The molecule has 0 saturated heterocycles. The molecule has 5 heteroatoms. The normalized spacial score (nSPS) is 12.8. The molecule has 0 spiro atoms. The Hall–Kier alpha value is -1.10. The standard InChI is InChI=1S/C13H24N4S/c1-8(2)7-9(3)16(5)13-11(12(14)18)10(4)15-17(13)6/h8-9H,7H2,1-6H3,(H2,14,18). The fourth-order valence-electron chi connectivity index (χ4n) is 2.39. The number of hydrogen-bond donors (Lipinski definition) is 1. The molecule has 0 saturated carbocycles. The van der Waals surface area contributed by atoms with Crippen molar-refractivity contribution in [3.8, 4) is 0 Å². The van der Waals surface area contributed by atoms with Crippen molar-refractivity contribution in [1.29, 1.82) is 0 Å². The molecule has 0 aliphatic carbocycles. The van der Waals surface area contributed by atoms with Gasteiger partial charge in [-0.3, -0.25) is 4.68 Å². The number of nitrogens with zero attached hydrogens (tertiary/aromatic N) is 3. The molecular weight excluding hydrogens is 244 g/mol. The predicted octanol–water partition coefficient (Wildman–Crippen LogP) is 2.23. The van der Waals surface area contributed by atoms with Crippen LogP contribution < -0.4 is 10.6 Å². The third kappa shape index (κ3) is 3.02. The van der Waals surface area contributed by atoms with Crippen LogP contribution in [0.2, 0.25) is 0 Å². The average molecular weight is 268 g/mol. The molecule has 1 aromatic heterocycles. The summed E-state index contributed by atoms with van der Waals surface area (Å²) < 4.78 is 1.86. The topological polar surface area (TPSA) is 47.1 Å². The van der Waals surface area contributed by atoms with Crippen LogP contribution in [0.4, 0.5) is 5.82 Å². The third-order valence-corrected chi connectivity index (χ3v) is 3.45. The minimum atomic E-state index is 0.416. The lowest BCUT2D eigenvalue weighted by atomic mass is 10.0. The van der Waals surface area contributed by atoms with Crippen LogP contribution in [0.3, 0.4) is 0 Å². The number of thiocarbonyl (C=S) groups is 1. The molecule has 0 radical (unpaired) electrons. The zero-order valence-corrected chi connectivity index (χ0v) is 13.0. The first-order valence-corrected chi connectivity index (χ1v) is 6.72. The molecule has 1 atom stereocenters. The van der Waals surface area contributed by atoms with Gasteiger partial charge < -0.3 is 10.6 Å². The number of rotatable bonds is 5. The summed E-state index contributed by atoms with van der Waals surface area (Å²) in [5.41, 5.74) is 7.61. The van der Waals surface area contributed by atoms with E-state index in [0.29, 0.717) is 16.9 Å². The van der Waals surface area contributed by atoms with Gasteiger partial charge in [0.1, 0.15) is 10.8 Å². The van der Waals surface area contributed by atoms with Gasteiger partial charge in [0, 0.05) is 20.1 Å². The highest BCUT2D eigenvalue weighted by Crippen LogP contribution is 2.25. The Morgan fingerprint density at radius 3 is 2.44 bits per heavy atom. The van der Waals surface area contributed by atoms with Crippen LogP contribution in [0.1, 0.15) is 38.4 Å². The van der Waals surface area contributed by atoms with Crippen LogP contribution in [0.15, 0.2) is 0 Å². The van der Waals surface area contributed by atoms with Gasteiger partial charge in [-0.2, -0.15) is 5.10 Å². The first-order chi connectivity index (χ1) is 8.25. The zero-order valence-electron chi connectivity index (χ0n) is 12.2. The summed E-state index contributed by atoms with van der Waals surface area (Å²) in [6.45, 7) is 8.62. The summed E-state index contributed by atoms with van der Waals surface area (Å²) in [6.07, 6.45) is 1.12. The van der Waals surface area contributed by atoms with Crippen molar-refractivity contribution in [3.05, 3.63) is 11.3 Å². The van der Waals surface area contributed by atoms with E-state index in [1.807, 2.05) is 18.7 Å². The molecule has 0 aromatic carbocycles. The fourth-order valence-corrected chi connectivity index (χ4v) is 2.63. The Labute approximate surface area is 115 Å². The summed E-state index contributed by atoms with van der Waals surface area (Å²) in [6, 6.07) is 0.424. The van der Waals surface area contributed by atoms with Crippen LogP contribution >= 0.6 is 12.2 Å². The summed E-state index contributed by atoms with van der Waals surface area (Å²) in [5.74, 6) is 1.67. The number of nitrogens with two attached hydrogens (primary N) is 1. The van der Waals surface area contributed by atoms with E-state index in [9.17, 15) is 0 Å². The molecule has 2 N–H and O–H groups in total.